The Kier molecular flexibility index (Phi) is 7.84. The van der Waals surface area contributed by atoms with Crippen molar-refractivity contribution in [3.05, 3.63) is 46.3 Å². The lowest BCUT2D eigenvalue weighted by atomic mass is 10.0. The number of hydrogen-bond acceptors (Lipinski definition) is 5. The zero-order chi connectivity index (χ0) is 24.2. The molecular formula is C22H28F2N4O4. The number of Topliss-reactive ketones (excluding diaryl/α,β-unsaturated/α-hetero) is 1. The predicted molar refractivity (Wildman–Crippen MR) is 115 cm³/mol. The minimum Gasteiger partial charge on any atom is -0.382 e. The fraction of sp³-hybridized carbons (Fsp3) is 0.455. The van der Waals surface area contributed by atoms with E-state index >= 15 is 0 Å². The molecule has 0 radical (unpaired) electrons. The Hall–Kier alpha value is -3.14. The highest BCUT2D eigenvalue weighted by molar-refractivity contribution is 6.43. The smallest absolute Gasteiger partial charge is 0.294 e. The summed E-state index contributed by atoms with van der Waals surface area (Å²) in [6, 6.07) is 1.42. The van der Waals surface area contributed by atoms with Crippen molar-refractivity contribution in [3.63, 3.8) is 0 Å². The molecule has 0 aliphatic heterocycles. The molecule has 0 spiro atoms. The monoisotopic (exact) mass is 450 g/mol. The summed E-state index contributed by atoms with van der Waals surface area (Å²) in [5.41, 5.74) is 0.337. The maximum absolute atomic E-state index is 13.4. The van der Waals surface area contributed by atoms with E-state index in [1.807, 2.05) is 0 Å². The fourth-order valence-electron chi connectivity index (χ4n) is 3.57. The highest BCUT2D eigenvalue weighted by atomic mass is 19.1. The molecule has 10 heteroatoms. The van der Waals surface area contributed by atoms with Crippen LogP contribution in [0.3, 0.4) is 0 Å². The lowest BCUT2D eigenvalue weighted by Gasteiger charge is -2.25. The molecule has 0 saturated carbocycles. The number of methoxy groups -OCH3 is 1. The van der Waals surface area contributed by atoms with Crippen molar-refractivity contribution in [2.45, 2.75) is 46.7 Å². The first-order chi connectivity index (χ1) is 14.9. The number of anilines is 1. The van der Waals surface area contributed by atoms with Gasteiger partial charge in [0.15, 0.2) is 0 Å². The molecule has 0 unspecified atom stereocenters. The van der Waals surface area contributed by atoms with E-state index in [9.17, 15) is 23.2 Å². The van der Waals surface area contributed by atoms with Crippen LogP contribution in [0.25, 0.3) is 0 Å². The third-order valence-electron chi connectivity index (χ3n) is 4.95. The lowest BCUT2D eigenvalue weighted by Crippen LogP contribution is -2.49. The third kappa shape index (κ3) is 5.37. The molecule has 2 heterocycles. The van der Waals surface area contributed by atoms with Gasteiger partial charge in [-0.1, -0.05) is 0 Å². The minimum atomic E-state index is -0.891. The SMILES string of the molecule is COCC(C)(C)NC(=O)C(=O)c1c(C)c(C(=O)Nc2cnc(F)c(C)c2)c(C)n1CCF. The number of hydrogen-bond donors (Lipinski definition) is 2. The Morgan fingerprint density at radius 1 is 1.22 bits per heavy atom. The van der Waals surface area contributed by atoms with E-state index in [-0.39, 0.29) is 41.2 Å². The molecule has 8 nitrogen and oxygen atoms in total. The first kappa shape index (κ1) is 25.1. The van der Waals surface area contributed by atoms with Crippen LogP contribution in [0.15, 0.2) is 12.3 Å². The summed E-state index contributed by atoms with van der Waals surface area (Å²) < 4.78 is 33.0. The largest absolute Gasteiger partial charge is 0.382 e. The van der Waals surface area contributed by atoms with Crippen molar-refractivity contribution in [2.24, 2.45) is 0 Å². The molecule has 0 fully saturated rings. The standard InChI is InChI=1S/C22H28F2N4O4/c1-12-9-15(10-25-19(12)24)26-20(30)16-13(2)17(28(8-7-23)14(16)3)18(29)21(31)27-22(4,5)11-32-6/h9-10H,7-8,11H2,1-6H3,(H,26,30)(H,27,31). The maximum atomic E-state index is 13.4. The highest BCUT2D eigenvalue weighted by Gasteiger charge is 2.32. The molecular weight excluding hydrogens is 422 g/mol. The number of ketones is 1. The van der Waals surface area contributed by atoms with Gasteiger partial charge >= 0.3 is 0 Å². The summed E-state index contributed by atoms with van der Waals surface area (Å²) in [4.78, 5) is 42.1. The Balaban J connectivity index is 2.43. The van der Waals surface area contributed by atoms with Crippen LogP contribution >= 0.6 is 0 Å². The molecule has 0 aliphatic carbocycles. The van der Waals surface area contributed by atoms with Gasteiger partial charge in [-0.25, -0.2) is 9.37 Å². The number of alkyl halides is 1. The van der Waals surface area contributed by atoms with Crippen LogP contribution in [0, 0.1) is 26.7 Å². The normalized spacial score (nSPS) is 11.4. The topological polar surface area (TPSA) is 102 Å². The lowest BCUT2D eigenvalue weighted by molar-refractivity contribution is -0.119. The Labute approximate surface area is 185 Å². The van der Waals surface area contributed by atoms with Gasteiger partial charge in [0.1, 0.15) is 6.67 Å². The summed E-state index contributed by atoms with van der Waals surface area (Å²) in [7, 11) is 1.47. The van der Waals surface area contributed by atoms with Crippen LogP contribution < -0.4 is 10.6 Å². The van der Waals surface area contributed by atoms with Gasteiger partial charge in [0, 0.05) is 18.4 Å². The summed E-state index contributed by atoms with van der Waals surface area (Å²) in [5, 5.41) is 5.21. The number of carbonyl (C=O) groups excluding carboxylic acids is 3. The van der Waals surface area contributed by atoms with Crippen LogP contribution in [0.1, 0.15) is 51.5 Å². The number of pyridine rings is 1. The van der Waals surface area contributed by atoms with Gasteiger partial charge in [0.25, 0.3) is 17.6 Å². The van der Waals surface area contributed by atoms with Crippen molar-refractivity contribution >= 4 is 23.3 Å². The molecule has 2 amide bonds. The molecule has 0 bridgehead atoms. The van der Waals surface area contributed by atoms with Gasteiger partial charge in [-0.15, -0.1) is 0 Å². The number of carbonyl (C=O) groups is 3. The van der Waals surface area contributed by atoms with E-state index in [2.05, 4.69) is 15.6 Å². The number of nitrogens with one attached hydrogen (secondary N) is 2. The van der Waals surface area contributed by atoms with Gasteiger partial charge < -0.3 is 19.9 Å². The second kappa shape index (κ2) is 9.99. The molecule has 174 valence electrons. The zero-order valence-electron chi connectivity index (χ0n) is 19.1. The predicted octanol–water partition coefficient (Wildman–Crippen LogP) is 2.89. The van der Waals surface area contributed by atoms with Crippen molar-refractivity contribution in [2.75, 3.05) is 25.7 Å². The van der Waals surface area contributed by atoms with E-state index in [0.29, 0.717) is 5.69 Å². The van der Waals surface area contributed by atoms with Gasteiger partial charge in [0.05, 0.1) is 41.8 Å². The summed E-state index contributed by atoms with van der Waals surface area (Å²) in [5.74, 6) is -3.01. The van der Waals surface area contributed by atoms with Crippen LogP contribution in [0.4, 0.5) is 14.5 Å². The number of aromatic nitrogens is 2. The molecule has 0 aliphatic rings. The summed E-state index contributed by atoms with van der Waals surface area (Å²) >= 11 is 0. The van der Waals surface area contributed by atoms with E-state index in [4.69, 9.17) is 4.74 Å². The van der Waals surface area contributed by atoms with E-state index in [0.717, 1.165) is 0 Å². The van der Waals surface area contributed by atoms with E-state index < -0.39 is 35.8 Å². The van der Waals surface area contributed by atoms with E-state index in [1.54, 1.807) is 20.8 Å². The van der Waals surface area contributed by atoms with Crippen LogP contribution in [-0.2, 0) is 16.1 Å². The van der Waals surface area contributed by atoms with E-state index in [1.165, 1.54) is 37.8 Å². The second-order valence-corrected chi connectivity index (χ2v) is 8.16. The average Bonchev–Trinajstić information content (AvgIpc) is 2.93. The van der Waals surface area contributed by atoms with Gasteiger partial charge in [-0.05, 0) is 46.2 Å². The summed E-state index contributed by atoms with van der Waals surface area (Å²) in [6.07, 6.45) is 1.17. The number of rotatable bonds is 9. The molecule has 2 aromatic heterocycles. The van der Waals surface area contributed by atoms with Crippen molar-refractivity contribution < 1.29 is 27.9 Å². The fourth-order valence-corrected chi connectivity index (χ4v) is 3.57. The molecule has 0 saturated heterocycles. The molecule has 2 N–H and O–H groups in total. The van der Waals surface area contributed by atoms with Gasteiger partial charge in [0.2, 0.25) is 5.95 Å². The Bertz CT molecular complexity index is 1050. The highest BCUT2D eigenvalue weighted by Crippen LogP contribution is 2.25. The second-order valence-electron chi connectivity index (χ2n) is 8.16. The Morgan fingerprint density at radius 3 is 2.44 bits per heavy atom. The minimum absolute atomic E-state index is 0.0653. The molecule has 2 rings (SSSR count). The van der Waals surface area contributed by atoms with Crippen LogP contribution in [-0.4, -0.2) is 53.1 Å². The number of ether oxygens (including phenoxy) is 1. The van der Waals surface area contributed by atoms with Crippen molar-refractivity contribution in [3.8, 4) is 0 Å². The van der Waals surface area contributed by atoms with Crippen molar-refractivity contribution in [1.82, 2.24) is 14.9 Å². The van der Waals surface area contributed by atoms with Crippen molar-refractivity contribution in [1.29, 1.82) is 0 Å². The molecule has 2 aromatic rings. The zero-order valence-corrected chi connectivity index (χ0v) is 19.1. The number of halogens is 2. The number of nitrogens with zero attached hydrogens (tertiary/aromatic N) is 2. The maximum Gasteiger partial charge on any atom is 0.294 e. The molecule has 32 heavy (non-hydrogen) atoms. The Morgan fingerprint density at radius 2 is 1.88 bits per heavy atom. The molecule has 0 atom stereocenters. The van der Waals surface area contributed by atoms with Gasteiger partial charge in [-0.3, -0.25) is 14.4 Å². The molecule has 0 aromatic carbocycles. The first-order valence-electron chi connectivity index (χ1n) is 9.98. The average molecular weight is 450 g/mol. The van der Waals surface area contributed by atoms with Crippen LogP contribution in [0.5, 0.6) is 0 Å². The number of amides is 2. The number of aryl methyl sites for hydroxylation is 1. The quantitative estimate of drug-likeness (QED) is 0.348. The third-order valence-corrected chi connectivity index (χ3v) is 4.95. The van der Waals surface area contributed by atoms with Crippen LogP contribution in [0.2, 0.25) is 0 Å². The summed E-state index contributed by atoms with van der Waals surface area (Å²) in [6.45, 7) is 7.15. The first-order valence-corrected chi connectivity index (χ1v) is 9.98. The van der Waals surface area contributed by atoms with Gasteiger partial charge in [-0.2, -0.15) is 4.39 Å².